The Morgan fingerprint density at radius 2 is 0.765 bits per heavy atom. The van der Waals surface area contributed by atoms with Gasteiger partial charge in [0.15, 0.2) is 0 Å². The molecule has 2 nitrogen and oxygen atoms in total. The molecule has 0 spiro atoms. The van der Waals surface area contributed by atoms with E-state index in [1.165, 1.54) is 66.4 Å². The van der Waals surface area contributed by atoms with Gasteiger partial charge in [0.2, 0.25) is 0 Å². The van der Waals surface area contributed by atoms with Crippen LogP contribution >= 0.6 is 0 Å². The fourth-order valence-corrected chi connectivity index (χ4v) is 7.28. The Bertz CT molecular complexity index is 2500. The zero-order valence-electron chi connectivity index (χ0n) is 28.4. The first-order valence-corrected chi connectivity index (χ1v) is 17.5. The Balaban J connectivity index is 1.11. The first-order chi connectivity index (χ1) is 25.2. The molecule has 2 heteroatoms. The summed E-state index contributed by atoms with van der Waals surface area (Å²) < 4.78 is 2.38. The molecule has 0 aliphatic heterocycles. The molecule has 0 aliphatic rings. The van der Waals surface area contributed by atoms with Gasteiger partial charge in [-0.1, -0.05) is 133 Å². The monoisotopic (exact) mass is 652 g/mol. The number of anilines is 3. The van der Waals surface area contributed by atoms with E-state index in [0.29, 0.717) is 0 Å². The highest BCUT2D eigenvalue weighted by molar-refractivity contribution is 6.10. The Morgan fingerprint density at radius 1 is 0.333 bits per heavy atom. The summed E-state index contributed by atoms with van der Waals surface area (Å²) in [6, 6.07) is 72.2. The summed E-state index contributed by atoms with van der Waals surface area (Å²) in [5.41, 5.74) is 15.4. The third-order valence-corrected chi connectivity index (χ3v) is 9.86. The van der Waals surface area contributed by atoms with Crippen molar-refractivity contribution in [2.24, 2.45) is 0 Å². The lowest BCUT2D eigenvalue weighted by molar-refractivity contribution is 1.18. The summed E-state index contributed by atoms with van der Waals surface area (Å²) in [7, 11) is 0. The number of fused-ring (bicyclic) bond motifs is 3. The zero-order chi connectivity index (χ0) is 34.1. The molecule has 1 aromatic heterocycles. The van der Waals surface area contributed by atoms with Crippen molar-refractivity contribution in [3.63, 3.8) is 0 Å². The number of nitrogens with zero attached hydrogens (tertiary/aromatic N) is 2. The molecule has 0 bridgehead atoms. The topological polar surface area (TPSA) is 8.17 Å². The molecule has 8 aromatic carbocycles. The molecule has 0 radical (unpaired) electrons. The summed E-state index contributed by atoms with van der Waals surface area (Å²) in [4.78, 5) is 2.34. The van der Waals surface area contributed by atoms with Crippen LogP contribution in [-0.2, 0) is 0 Å². The molecule has 9 aromatic rings. The van der Waals surface area contributed by atoms with Crippen molar-refractivity contribution in [3.05, 3.63) is 206 Å². The average molecular weight is 653 g/mol. The summed E-state index contributed by atoms with van der Waals surface area (Å²) in [5.74, 6) is 0. The van der Waals surface area contributed by atoms with Crippen LogP contribution in [-0.4, -0.2) is 4.57 Å². The van der Waals surface area contributed by atoms with Crippen molar-refractivity contribution in [1.82, 2.24) is 4.57 Å². The van der Waals surface area contributed by atoms with E-state index in [-0.39, 0.29) is 0 Å². The first kappa shape index (κ1) is 30.4. The van der Waals surface area contributed by atoms with E-state index in [1.54, 1.807) is 0 Å². The molecule has 51 heavy (non-hydrogen) atoms. The van der Waals surface area contributed by atoms with E-state index < -0.39 is 0 Å². The second kappa shape index (κ2) is 13.0. The van der Waals surface area contributed by atoms with Crippen LogP contribution in [0.1, 0.15) is 5.56 Å². The Kier molecular flexibility index (Phi) is 7.75. The van der Waals surface area contributed by atoms with Crippen molar-refractivity contribution in [3.8, 4) is 39.1 Å². The largest absolute Gasteiger partial charge is 0.311 e. The fraction of sp³-hybridized carbons (Fsp3) is 0.0204. The van der Waals surface area contributed by atoms with E-state index >= 15 is 0 Å². The SMILES string of the molecule is Cc1ccc2c3cc(-c4ccc(N(c5ccc(-c6ccccc6)cc5)c5ccc(-c6ccccc6)cc5)cc4)ccc3n(-c3ccccc3)c2c1. The number of aryl methyl sites for hydroxylation is 1. The maximum atomic E-state index is 2.38. The summed E-state index contributed by atoms with van der Waals surface area (Å²) >= 11 is 0. The second-order valence-electron chi connectivity index (χ2n) is 13.1. The summed E-state index contributed by atoms with van der Waals surface area (Å²) in [6.45, 7) is 2.16. The number of rotatable bonds is 7. The maximum absolute atomic E-state index is 2.38. The quantitative estimate of drug-likeness (QED) is 0.166. The molecule has 0 amide bonds. The van der Waals surface area contributed by atoms with Gasteiger partial charge in [-0.2, -0.15) is 0 Å². The van der Waals surface area contributed by atoms with Crippen LogP contribution in [0.3, 0.4) is 0 Å². The standard InChI is InChI=1S/C49H36N2/c1-35-17-31-46-47-34-41(24-32-48(47)51(49(46)33-35)42-15-9-4-10-16-42)40-22-29-45(30-23-40)50(43-25-18-38(19-26-43)36-11-5-2-6-12-36)44-27-20-39(21-28-44)37-13-7-3-8-14-37/h2-34H,1H3. The Hall–Kier alpha value is -6.64. The number of benzene rings is 8. The van der Waals surface area contributed by atoms with Gasteiger partial charge < -0.3 is 9.47 Å². The van der Waals surface area contributed by atoms with Crippen molar-refractivity contribution in [2.45, 2.75) is 6.92 Å². The molecule has 9 rings (SSSR count). The van der Waals surface area contributed by atoms with Crippen molar-refractivity contribution >= 4 is 38.9 Å². The van der Waals surface area contributed by atoms with Crippen LogP contribution < -0.4 is 4.90 Å². The third kappa shape index (κ3) is 5.77. The van der Waals surface area contributed by atoms with E-state index in [9.17, 15) is 0 Å². The average Bonchev–Trinajstić information content (AvgIpc) is 3.52. The van der Waals surface area contributed by atoms with E-state index in [2.05, 4.69) is 217 Å². The van der Waals surface area contributed by atoms with Gasteiger partial charge >= 0.3 is 0 Å². The minimum atomic E-state index is 1.11. The van der Waals surface area contributed by atoms with Crippen LogP contribution in [0.2, 0.25) is 0 Å². The zero-order valence-corrected chi connectivity index (χ0v) is 28.4. The second-order valence-corrected chi connectivity index (χ2v) is 13.1. The normalized spacial score (nSPS) is 11.2. The van der Waals surface area contributed by atoms with Gasteiger partial charge in [0, 0.05) is 33.5 Å². The predicted octanol–water partition coefficient (Wildman–Crippen LogP) is 13.6. The first-order valence-electron chi connectivity index (χ1n) is 17.5. The Morgan fingerprint density at radius 3 is 1.27 bits per heavy atom. The molecule has 0 atom stereocenters. The number of hydrogen-bond donors (Lipinski definition) is 0. The van der Waals surface area contributed by atoms with Crippen LogP contribution in [0.15, 0.2) is 200 Å². The lowest BCUT2D eigenvalue weighted by Crippen LogP contribution is -2.09. The highest BCUT2D eigenvalue weighted by atomic mass is 15.1. The molecular weight excluding hydrogens is 617 g/mol. The minimum absolute atomic E-state index is 1.11. The van der Waals surface area contributed by atoms with Gasteiger partial charge in [-0.15, -0.1) is 0 Å². The molecule has 0 saturated heterocycles. The molecular formula is C49H36N2. The highest BCUT2D eigenvalue weighted by Crippen LogP contribution is 2.39. The highest BCUT2D eigenvalue weighted by Gasteiger charge is 2.16. The van der Waals surface area contributed by atoms with Crippen molar-refractivity contribution in [2.75, 3.05) is 4.90 Å². The van der Waals surface area contributed by atoms with Gasteiger partial charge in [0.25, 0.3) is 0 Å². The number of aromatic nitrogens is 1. The molecule has 242 valence electrons. The van der Waals surface area contributed by atoms with E-state index in [1.807, 2.05) is 0 Å². The van der Waals surface area contributed by atoms with Crippen molar-refractivity contribution < 1.29 is 0 Å². The third-order valence-electron chi connectivity index (χ3n) is 9.86. The lowest BCUT2D eigenvalue weighted by Gasteiger charge is -2.26. The van der Waals surface area contributed by atoms with Gasteiger partial charge in [-0.05, 0) is 113 Å². The molecule has 0 saturated carbocycles. The summed E-state index contributed by atoms with van der Waals surface area (Å²) in [5, 5.41) is 2.52. The van der Waals surface area contributed by atoms with Crippen LogP contribution in [0.5, 0.6) is 0 Å². The molecule has 0 unspecified atom stereocenters. The van der Waals surface area contributed by atoms with Gasteiger partial charge in [0.05, 0.1) is 11.0 Å². The molecule has 1 heterocycles. The smallest absolute Gasteiger partial charge is 0.0543 e. The van der Waals surface area contributed by atoms with E-state index in [0.717, 1.165) is 17.1 Å². The van der Waals surface area contributed by atoms with Gasteiger partial charge in [-0.3, -0.25) is 0 Å². The van der Waals surface area contributed by atoms with E-state index in [4.69, 9.17) is 0 Å². The van der Waals surface area contributed by atoms with Crippen LogP contribution in [0.25, 0.3) is 60.9 Å². The van der Waals surface area contributed by atoms with Gasteiger partial charge in [-0.25, -0.2) is 0 Å². The number of hydrogen-bond acceptors (Lipinski definition) is 1. The summed E-state index contributed by atoms with van der Waals surface area (Å²) in [6.07, 6.45) is 0. The predicted molar refractivity (Wildman–Crippen MR) is 217 cm³/mol. The minimum Gasteiger partial charge on any atom is -0.311 e. The van der Waals surface area contributed by atoms with Gasteiger partial charge in [0.1, 0.15) is 0 Å². The molecule has 0 fully saturated rings. The van der Waals surface area contributed by atoms with Crippen LogP contribution in [0.4, 0.5) is 17.1 Å². The van der Waals surface area contributed by atoms with Crippen molar-refractivity contribution in [1.29, 1.82) is 0 Å². The molecule has 0 aliphatic carbocycles. The Labute approximate surface area is 299 Å². The molecule has 0 N–H and O–H groups in total. The van der Waals surface area contributed by atoms with Crippen LogP contribution in [0, 0.1) is 6.92 Å². The lowest BCUT2D eigenvalue weighted by atomic mass is 10.0. The fourth-order valence-electron chi connectivity index (χ4n) is 7.28. The maximum Gasteiger partial charge on any atom is 0.0543 e. The number of para-hydroxylation sites is 1.